The highest BCUT2D eigenvalue weighted by Gasteiger charge is 2.30. The third kappa shape index (κ3) is 5.31. The second-order valence-electron chi connectivity index (χ2n) is 6.59. The van der Waals surface area contributed by atoms with E-state index in [1.165, 1.54) is 5.56 Å². The first kappa shape index (κ1) is 20.9. The predicted molar refractivity (Wildman–Crippen MR) is 110 cm³/mol. The van der Waals surface area contributed by atoms with E-state index in [0.717, 1.165) is 19.4 Å². The molecule has 0 aliphatic carbocycles. The summed E-state index contributed by atoms with van der Waals surface area (Å²) < 4.78 is 0. The third-order valence-electron chi connectivity index (χ3n) is 4.72. The number of nitrogens with two attached hydrogens (primary N) is 1. The Morgan fingerprint density at radius 3 is 2.44 bits per heavy atom. The van der Waals surface area contributed by atoms with Gasteiger partial charge in [-0.15, -0.1) is 12.4 Å². The maximum Gasteiger partial charge on any atom is 0.254 e. The monoisotopic (exact) mass is 387 g/mol. The van der Waals surface area contributed by atoms with Crippen molar-refractivity contribution >= 4 is 29.9 Å². The predicted octanol–water partition coefficient (Wildman–Crippen LogP) is 3.76. The highest BCUT2D eigenvalue weighted by Crippen LogP contribution is 2.33. The summed E-state index contributed by atoms with van der Waals surface area (Å²) in [7, 11) is 0. The van der Waals surface area contributed by atoms with Gasteiger partial charge in [0.05, 0.1) is 6.04 Å². The van der Waals surface area contributed by atoms with Crippen molar-refractivity contribution in [3.8, 4) is 0 Å². The number of carbonyl (C=O) groups excluding carboxylic acids is 2. The molecule has 1 atom stereocenters. The Morgan fingerprint density at radius 1 is 1.07 bits per heavy atom. The number of nitrogens with zero attached hydrogens (tertiary/aromatic N) is 1. The van der Waals surface area contributed by atoms with Crippen molar-refractivity contribution in [2.45, 2.75) is 31.7 Å². The molecule has 0 radical (unpaired) electrons. The zero-order chi connectivity index (χ0) is 18.4. The maximum absolute atomic E-state index is 12.9. The van der Waals surface area contributed by atoms with Crippen molar-refractivity contribution < 1.29 is 9.59 Å². The van der Waals surface area contributed by atoms with Crippen molar-refractivity contribution in [2.24, 2.45) is 5.73 Å². The second kappa shape index (κ2) is 10.1. The zero-order valence-corrected chi connectivity index (χ0v) is 16.1. The average molecular weight is 388 g/mol. The van der Waals surface area contributed by atoms with Gasteiger partial charge in [-0.25, -0.2) is 0 Å². The summed E-state index contributed by atoms with van der Waals surface area (Å²) in [6, 6.07) is 17.4. The Kier molecular flexibility index (Phi) is 7.82. The highest BCUT2D eigenvalue weighted by atomic mass is 35.5. The van der Waals surface area contributed by atoms with Crippen LogP contribution >= 0.6 is 12.4 Å². The fourth-order valence-electron chi connectivity index (χ4n) is 3.38. The van der Waals surface area contributed by atoms with E-state index in [9.17, 15) is 9.59 Å². The first-order chi connectivity index (χ1) is 12.7. The van der Waals surface area contributed by atoms with Gasteiger partial charge in [-0.1, -0.05) is 30.3 Å². The number of hydrogen-bond donors (Lipinski definition) is 2. The van der Waals surface area contributed by atoms with Crippen LogP contribution in [-0.4, -0.2) is 29.8 Å². The number of halogens is 1. The second-order valence-corrected chi connectivity index (χ2v) is 6.59. The van der Waals surface area contributed by atoms with Crippen LogP contribution in [0.4, 0.5) is 5.69 Å². The highest BCUT2D eigenvalue weighted by molar-refractivity contribution is 5.96. The van der Waals surface area contributed by atoms with E-state index in [0.29, 0.717) is 30.6 Å². The molecule has 1 saturated heterocycles. The van der Waals surface area contributed by atoms with Crippen molar-refractivity contribution in [3.05, 3.63) is 65.7 Å². The maximum atomic E-state index is 12.9. The Morgan fingerprint density at radius 2 is 1.78 bits per heavy atom. The number of carbonyl (C=O) groups is 2. The van der Waals surface area contributed by atoms with Gasteiger partial charge in [0.25, 0.3) is 5.91 Å². The van der Waals surface area contributed by atoms with E-state index in [-0.39, 0.29) is 30.3 Å². The molecule has 5 nitrogen and oxygen atoms in total. The van der Waals surface area contributed by atoms with Gasteiger partial charge in [-0.2, -0.15) is 0 Å². The molecule has 2 amide bonds. The number of benzene rings is 2. The smallest absolute Gasteiger partial charge is 0.254 e. The third-order valence-corrected chi connectivity index (χ3v) is 4.72. The summed E-state index contributed by atoms with van der Waals surface area (Å²) in [5.74, 6) is -0.0180. The molecule has 2 aromatic rings. The van der Waals surface area contributed by atoms with E-state index in [1.54, 1.807) is 24.3 Å². The van der Waals surface area contributed by atoms with Gasteiger partial charge in [0, 0.05) is 24.2 Å². The van der Waals surface area contributed by atoms with Gasteiger partial charge >= 0.3 is 0 Å². The first-order valence-corrected chi connectivity index (χ1v) is 9.15. The van der Waals surface area contributed by atoms with Crippen LogP contribution in [0, 0.1) is 0 Å². The molecule has 1 heterocycles. The van der Waals surface area contributed by atoms with Crippen LogP contribution in [0.3, 0.4) is 0 Å². The molecule has 1 aliphatic rings. The minimum absolute atomic E-state index is 0. The van der Waals surface area contributed by atoms with E-state index in [2.05, 4.69) is 17.4 Å². The van der Waals surface area contributed by atoms with Gasteiger partial charge in [0.1, 0.15) is 0 Å². The lowest BCUT2D eigenvalue weighted by Gasteiger charge is -2.25. The Hall–Kier alpha value is -2.37. The van der Waals surface area contributed by atoms with Crippen LogP contribution in [0.2, 0.25) is 0 Å². The van der Waals surface area contributed by atoms with Gasteiger partial charge in [-0.3, -0.25) is 9.59 Å². The van der Waals surface area contributed by atoms with Crippen LogP contribution in [0.5, 0.6) is 0 Å². The normalized spacial score (nSPS) is 15.9. The fraction of sp³-hybridized carbons (Fsp3) is 0.333. The van der Waals surface area contributed by atoms with E-state index >= 15 is 0 Å². The largest absolute Gasteiger partial charge is 0.332 e. The van der Waals surface area contributed by atoms with Gasteiger partial charge in [0.2, 0.25) is 5.91 Å². The molecule has 1 aliphatic heterocycles. The van der Waals surface area contributed by atoms with Crippen LogP contribution in [0.15, 0.2) is 54.6 Å². The SMILES string of the molecule is Cl.NCCCC(=O)Nc1ccc(C(=O)N2CCCC2c2ccccc2)cc1. The molecular weight excluding hydrogens is 362 g/mol. The molecule has 2 aromatic carbocycles. The molecule has 0 spiro atoms. The van der Waals surface area contributed by atoms with E-state index in [4.69, 9.17) is 5.73 Å². The molecule has 0 aromatic heterocycles. The summed E-state index contributed by atoms with van der Waals surface area (Å²) in [4.78, 5) is 26.6. The minimum atomic E-state index is -0.0572. The van der Waals surface area contributed by atoms with Crippen molar-refractivity contribution in [1.29, 1.82) is 0 Å². The summed E-state index contributed by atoms with van der Waals surface area (Å²) in [5.41, 5.74) is 7.94. The molecule has 3 N–H and O–H groups in total. The molecule has 1 fully saturated rings. The molecule has 1 unspecified atom stereocenters. The zero-order valence-electron chi connectivity index (χ0n) is 15.3. The molecule has 0 bridgehead atoms. The lowest BCUT2D eigenvalue weighted by molar-refractivity contribution is -0.116. The molecule has 0 saturated carbocycles. The lowest BCUT2D eigenvalue weighted by Crippen LogP contribution is -2.30. The molecule has 27 heavy (non-hydrogen) atoms. The van der Waals surface area contributed by atoms with Crippen LogP contribution < -0.4 is 11.1 Å². The Labute approximate surface area is 166 Å². The Balaban J connectivity index is 0.00000261. The van der Waals surface area contributed by atoms with E-state index in [1.807, 2.05) is 23.1 Å². The molecule has 3 rings (SSSR count). The number of rotatable bonds is 6. The minimum Gasteiger partial charge on any atom is -0.332 e. The fourth-order valence-corrected chi connectivity index (χ4v) is 3.38. The summed E-state index contributed by atoms with van der Waals surface area (Å²) >= 11 is 0. The summed E-state index contributed by atoms with van der Waals surface area (Å²) in [6.07, 6.45) is 3.08. The van der Waals surface area contributed by atoms with Crippen LogP contribution in [0.25, 0.3) is 0 Å². The average Bonchev–Trinajstić information content (AvgIpc) is 3.17. The number of likely N-dealkylation sites (tertiary alicyclic amines) is 1. The van der Waals surface area contributed by atoms with E-state index < -0.39 is 0 Å². The van der Waals surface area contributed by atoms with Crippen molar-refractivity contribution in [2.75, 3.05) is 18.4 Å². The summed E-state index contributed by atoms with van der Waals surface area (Å²) in [6.45, 7) is 1.27. The standard InChI is InChI=1S/C21H25N3O2.ClH/c22-14-4-9-20(25)23-18-12-10-17(11-13-18)21(26)24-15-5-8-19(24)16-6-2-1-3-7-16;/h1-3,6-7,10-13,19H,4-5,8-9,14-15,22H2,(H,23,25);1H. The van der Waals surface area contributed by atoms with Crippen molar-refractivity contribution in [3.63, 3.8) is 0 Å². The number of hydrogen-bond acceptors (Lipinski definition) is 3. The van der Waals surface area contributed by atoms with Gasteiger partial charge in [-0.05, 0) is 55.6 Å². The number of nitrogens with one attached hydrogen (secondary N) is 1. The molecule has 144 valence electrons. The summed E-state index contributed by atoms with van der Waals surface area (Å²) in [5, 5.41) is 2.83. The number of amides is 2. The van der Waals surface area contributed by atoms with Crippen LogP contribution in [0.1, 0.15) is 47.6 Å². The van der Waals surface area contributed by atoms with Gasteiger partial charge < -0.3 is 16.0 Å². The Bertz CT molecular complexity index is 750. The molecule has 6 heteroatoms. The van der Waals surface area contributed by atoms with Crippen molar-refractivity contribution in [1.82, 2.24) is 4.90 Å². The lowest BCUT2D eigenvalue weighted by atomic mass is 10.0. The topological polar surface area (TPSA) is 75.4 Å². The quantitative estimate of drug-likeness (QED) is 0.792. The first-order valence-electron chi connectivity index (χ1n) is 9.15. The molecular formula is C21H26ClN3O2. The number of anilines is 1. The van der Waals surface area contributed by atoms with Gasteiger partial charge in [0.15, 0.2) is 0 Å². The van der Waals surface area contributed by atoms with Crippen LogP contribution in [-0.2, 0) is 4.79 Å².